The Morgan fingerprint density at radius 3 is 0.915 bits per heavy atom. The molecule has 0 spiro atoms. The maximum atomic E-state index is 12.2. The van der Waals surface area contributed by atoms with Gasteiger partial charge in [-0.15, -0.1) is 0 Å². The van der Waals surface area contributed by atoms with Crippen LogP contribution in [0, 0.1) is 27.7 Å². The molecular weight excluding hydrogens is 903 g/mol. The molecule has 2 aromatic carbocycles. The van der Waals surface area contributed by atoms with Crippen LogP contribution in [-0.4, -0.2) is 4.70 Å². The van der Waals surface area contributed by atoms with Gasteiger partial charge in [-0.2, -0.15) is 12.8 Å². The number of hydrogen-bond acceptors (Lipinski definition) is 0. The third kappa shape index (κ3) is 33.5. The van der Waals surface area contributed by atoms with Crippen LogP contribution in [0.4, 0.5) is 0 Å². The average molecular weight is 1020 g/mol. The van der Waals surface area contributed by atoms with E-state index in [4.69, 9.17) is 0 Å². The van der Waals surface area contributed by atoms with Gasteiger partial charge < -0.3 is 19.4 Å². The van der Waals surface area contributed by atoms with E-state index in [1.807, 2.05) is 0 Å². The van der Waals surface area contributed by atoms with E-state index >= 15 is 0 Å². The minimum Gasteiger partial charge on any atom is -0.493 e. The monoisotopic (exact) mass is 1020 g/mol. The first-order valence-electron chi connectivity index (χ1n) is 31.0. The first-order valence-corrected chi connectivity index (χ1v) is 31.0. The topological polar surface area (TPSA) is 25.3 Å². The van der Waals surface area contributed by atoms with E-state index in [9.17, 15) is 5.53 Å². The van der Waals surface area contributed by atoms with Crippen molar-refractivity contribution in [3.8, 4) is 0 Å². The summed E-state index contributed by atoms with van der Waals surface area (Å²) in [5, 5.41) is 0. The first kappa shape index (κ1) is 69.0. The molecule has 0 amide bonds. The minimum atomic E-state index is 0. The van der Waals surface area contributed by atoms with Crippen molar-refractivity contribution in [3.05, 3.63) is 100 Å². The molecule has 0 saturated heterocycles. The van der Waals surface area contributed by atoms with Gasteiger partial charge in [-0.05, 0) is 94.2 Å². The summed E-state index contributed by atoms with van der Waals surface area (Å²) in [4.78, 5) is 0. The number of allylic oxidation sites excluding steroid dienone is 2. The van der Waals surface area contributed by atoms with Crippen LogP contribution in [0.25, 0.3) is 16.9 Å². The van der Waals surface area contributed by atoms with E-state index in [-0.39, 0.29) is 16.5 Å². The Hall–Kier alpha value is -1.99. The second kappa shape index (κ2) is 48.9. The van der Waals surface area contributed by atoms with Gasteiger partial charge in [-0.25, -0.2) is 4.70 Å². The smallest absolute Gasteiger partial charge is 0.493 e. The molecule has 1 heterocycles. The summed E-state index contributed by atoms with van der Waals surface area (Å²) in [6, 6.07) is 14.1. The van der Waals surface area contributed by atoms with Crippen LogP contribution in [0.15, 0.2) is 47.5 Å². The van der Waals surface area contributed by atoms with Crippen molar-refractivity contribution >= 4 is 11.4 Å². The van der Waals surface area contributed by atoms with Crippen molar-refractivity contribution in [3.63, 3.8) is 0 Å². The third-order valence-corrected chi connectivity index (χ3v) is 14.7. The fourth-order valence-electron chi connectivity index (χ4n) is 10.4. The maximum Gasteiger partial charge on any atom is 2.00 e. The van der Waals surface area contributed by atoms with E-state index in [1.165, 1.54) is 263 Å². The summed E-state index contributed by atoms with van der Waals surface area (Å²) in [5.74, 6) is 0. The molecule has 3 heteroatoms. The van der Waals surface area contributed by atoms with Crippen LogP contribution < -0.4 is 0 Å². The van der Waals surface area contributed by atoms with E-state index < -0.39 is 0 Å². The molecule has 0 unspecified atom stereocenters. The zero-order chi connectivity index (χ0) is 51.3. The molecule has 71 heavy (non-hydrogen) atoms. The molecule has 0 aromatic heterocycles. The number of benzene rings is 2. The normalized spacial score (nSPS) is 12.3. The van der Waals surface area contributed by atoms with Crippen molar-refractivity contribution in [2.75, 3.05) is 0 Å². The summed E-state index contributed by atoms with van der Waals surface area (Å²) in [6.07, 6.45) is 55.6. The molecule has 0 atom stereocenters. The quantitative estimate of drug-likeness (QED) is 0.0274. The molecule has 1 aliphatic rings. The summed E-state index contributed by atoms with van der Waals surface area (Å²) in [6.45, 7) is 25.7. The summed E-state index contributed by atoms with van der Waals surface area (Å²) >= 11 is 0. The van der Waals surface area contributed by atoms with Gasteiger partial charge in [0.05, 0.1) is 0 Å². The summed E-state index contributed by atoms with van der Waals surface area (Å²) < 4.78 is 1.59. The van der Waals surface area contributed by atoms with E-state index in [0.29, 0.717) is 0 Å². The molecule has 0 bridgehead atoms. The molecule has 0 N–H and O–H groups in total. The fraction of sp³-hybridized carbons (Fsp3) is 0.735. The van der Waals surface area contributed by atoms with Crippen LogP contribution in [0.2, 0.25) is 0 Å². The summed E-state index contributed by atoms with van der Waals surface area (Å²) in [7, 11) is 0. The van der Waals surface area contributed by atoms with Crippen LogP contribution in [0.1, 0.15) is 332 Å². The van der Waals surface area contributed by atoms with Crippen LogP contribution in [0.3, 0.4) is 0 Å². The Kier molecular flexibility index (Phi) is 47.6. The van der Waals surface area contributed by atoms with Gasteiger partial charge in [-0.1, -0.05) is 277 Å². The van der Waals surface area contributed by atoms with Crippen LogP contribution >= 0.6 is 0 Å². The molecule has 3 rings (SSSR count). The van der Waals surface area contributed by atoms with Gasteiger partial charge in [0.2, 0.25) is 11.4 Å². The second-order valence-electron chi connectivity index (χ2n) is 21.7. The molecule has 0 saturated carbocycles. The van der Waals surface area contributed by atoms with E-state index in [2.05, 4.69) is 106 Å². The van der Waals surface area contributed by atoms with Crippen molar-refractivity contribution in [1.82, 2.24) is 0 Å². The molecule has 0 radical (unpaired) electrons. The largest absolute Gasteiger partial charge is 2.00 e. The number of aryl methyl sites for hydroxylation is 4. The molecule has 0 aliphatic carbocycles. The Bertz CT molecular complexity index is 1590. The van der Waals surface area contributed by atoms with Crippen molar-refractivity contribution in [2.24, 2.45) is 0 Å². The third-order valence-electron chi connectivity index (χ3n) is 14.7. The Balaban J connectivity index is 0.00000246. The molecule has 2 aromatic rings. The van der Waals surface area contributed by atoms with Crippen LogP contribution in [-0.2, 0) is 29.3 Å². The SMILES string of the molecule is CCCCCCCCCCCCCCc1cc(C)cc(C2=C(CC)C(CCCC)=C(c3cc(C)cc(CCCCCCCCCCCCCC)c3)[N+]2=[N-])c1.[CH2-]CCCCCCC.[CH2-]CCCCCCC.[Ni+2]. The van der Waals surface area contributed by atoms with Crippen molar-refractivity contribution in [2.45, 2.75) is 325 Å². The summed E-state index contributed by atoms with van der Waals surface area (Å²) in [5.41, 5.74) is 24.7. The number of hydrogen-bond donors (Lipinski definition) is 0. The fourth-order valence-corrected chi connectivity index (χ4v) is 10.4. The number of rotatable bonds is 42. The van der Waals surface area contributed by atoms with Gasteiger partial charge in [0.1, 0.15) is 0 Å². The minimum absolute atomic E-state index is 0. The zero-order valence-corrected chi connectivity index (χ0v) is 49.8. The van der Waals surface area contributed by atoms with Gasteiger partial charge in [0, 0.05) is 22.3 Å². The van der Waals surface area contributed by atoms with Gasteiger partial charge in [0.15, 0.2) is 0 Å². The van der Waals surface area contributed by atoms with Gasteiger partial charge >= 0.3 is 16.5 Å². The van der Waals surface area contributed by atoms with Crippen molar-refractivity contribution < 1.29 is 21.2 Å². The van der Waals surface area contributed by atoms with Crippen molar-refractivity contribution in [1.29, 1.82) is 0 Å². The standard InChI is InChI=1S/C52H84N2.2C8H17.Ni/c1-7-11-14-16-18-20-22-24-26-28-30-32-34-45-37-43(5)39-47(41-45)51-49(10-4)50(36-13-9-3)52(54(51)53)48-40-44(6)38-46(42-48)35-33-31-29-27-25-23-21-19-17-15-12-8-2;2*1-3-5-7-8-6-4-2;/h37-42H,7-36H2,1-6H3;2*1,3-8H2,2H3;/q;2*-1;+2. The maximum absolute atomic E-state index is 12.2. The number of unbranched alkanes of at least 4 members (excludes halogenated alkanes) is 33. The predicted octanol–water partition coefficient (Wildman–Crippen LogP) is 23.9. The Labute approximate surface area is 455 Å². The molecule has 2 nitrogen and oxygen atoms in total. The van der Waals surface area contributed by atoms with E-state index in [0.717, 1.165) is 62.8 Å². The van der Waals surface area contributed by atoms with Gasteiger partial charge in [-0.3, -0.25) is 0 Å². The average Bonchev–Trinajstić information content (AvgIpc) is 3.64. The zero-order valence-electron chi connectivity index (χ0n) is 48.8. The predicted molar refractivity (Wildman–Crippen MR) is 317 cm³/mol. The molecule has 0 fully saturated rings. The molecule has 410 valence electrons. The molecule has 1 aliphatic heterocycles. The Morgan fingerprint density at radius 2 is 0.620 bits per heavy atom. The van der Waals surface area contributed by atoms with Gasteiger partial charge in [0.25, 0.3) is 0 Å². The Morgan fingerprint density at radius 1 is 0.338 bits per heavy atom. The van der Waals surface area contributed by atoms with Crippen LogP contribution in [0.5, 0.6) is 0 Å². The number of nitrogens with zero attached hydrogens (tertiary/aromatic N) is 2. The first-order chi connectivity index (χ1) is 34.3. The van der Waals surface area contributed by atoms with E-state index in [1.54, 1.807) is 4.70 Å². The second-order valence-corrected chi connectivity index (χ2v) is 21.7. The molecular formula is C68H118N2Ni.